The van der Waals surface area contributed by atoms with Crippen LogP contribution >= 0.6 is 0 Å². The van der Waals surface area contributed by atoms with Crippen LogP contribution in [0.2, 0.25) is 0 Å². The maximum Gasteiger partial charge on any atom is 0.243 e. The van der Waals surface area contributed by atoms with E-state index in [9.17, 15) is 4.79 Å². The highest BCUT2D eigenvalue weighted by atomic mass is 16.2. The number of rotatable bonds is 2. The zero-order valence-corrected chi connectivity index (χ0v) is 9.90. The average Bonchev–Trinajstić information content (AvgIpc) is 2.28. The minimum absolute atomic E-state index is 0.207. The van der Waals surface area contributed by atoms with Gasteiger partial charge in [-0.05, 0) is 26.0 Å². The van der Waals surface area contributed by atoms with E-state index in [1.165, 1.54) is 0 Å². The predicted octanol–water partition coefficient (Wildman–Crippen LogP) is 1.91. The van der Waals surface area contributed by atoms with Gasteiger partial charge in [-0.1, -0.05) is 12.1 Å². The molecule has 1 amide bonds. The second kappa shape index (κ2) is 4.14. The molecule has 0 aliphatic rings. The third kappa shape index (κ3) is 2.42. The number of anilines is 1. The van der Waals surface area contributed by atoms with Crippen LogP contribution in [-0.2, 0) is 4.79 Å². The molecule has 2 rings (SSSR count). The topological polar surface area (TPSA) is 68.0 Å². The van der Waals surface area contributed by atoms with Gasteiger partial charge in [0, 0.05) is 28.9 Å². The first-order valence-corrected chi connectivity index (χ1v) is 5.41. The van der Waals surface area contributed by atoms with E-state index in [-0.39, 0.29) is 5.91 Å². The lowest BCUT2D eigenvalue weighted by molar-refractivity contribution is -0.120. The highest BCUT2D eigenvalue weighted by Gasteiger charge is 2.22. The van der Waals surface area contributed by atoms with Crippen LogP contribution in [0.3, 0.4) is 0 Å². The quantitative estimate of drug-likeness (QED) is 0.826. The maximum absolute atomic E-state index is 11.8. The first kappa shape index (κ1) is 11.5. The molecule has 0 atom stereocenters. The summed E-state index contributed by atoms with van der Waals surface area (Å²) in [5.41, 5.74) is 5.61. The molecule has 4 heteroatoms. The largest absolute Gasteiger partial charge is 0.324 e. The Balaban J connectivity index is 2.40. The molecule has 2 aromatic rings. The van der Waals surface area contributed by atoms with Crippen molar-refractivity contribution >= 4 is 22.4 Å². The molecule has 17 heavy (non-hydrogen) atoms. The number of fused-ring (bicyclic) bond motifs is 1. The fraction of sp³-hybridized carbons (Fsp3) is 0.231. The summed E-state index contributed by atoms with van der Waals surface area (Å²) >= 11 is 0. The number of carbonyl (C=O) groups is 1. The van der Waals surface area contributed by atoms with Gasteiger partial charge in [0.1, 0.15) is 0 Å². The number of hydrogen-bond acceptors (Lipinski definition) is 3. The van der Waals surface area contributed by atoms with Crippen molar-refractivity contribution in [2.24, 2.45) is 5.73 Å². The van der Waals surface area contributed by atoms with Crippen LogP contribution in [0.5, 0.6) is 0 Å². The molecule has 1 aromatic carbocycles. The molecule has 0 spiro atoms. The van der Waals surface area contributed by atoms with E-state index < -0.39 is 5.54 Å². The highest BCUT2D eigenvalue weighted by molar-refractivity contribution is 6.04. The van der Waals surface area contributed by atoms with E-state index in [0.29, 0.717) is 0 Å². The molecular weight excluding hydrogens is 214 g/mol. The summed E-state index contributed by atoms with van der Waals surface area (Å²) in [6.07, 6.45) is 3.46. The summed E-state index contributed by atoms with van der Waals surface area (Å²) < 4.78 is 0. The van der Waals surface area contributed by atoms with Crippen molar-refractivity contribution in [1.29, 1.82) is 0 Å². The van der Waals surface area contributed by atoms with Crippen LogP contribution in [0.25, 0.3) is 10.8 Å². The Morgan fingerprint density at radius 1 is 1.35 bits per heavy atom. The Labute approximate surface area is 99.8 Å². The lowest BCUT2D eigenvalue weighted by Gasteiger charge is -2.18. The van der Waals surface area contributed by atoms with Crippen molar-refractivity contribution < 1.29 is 4.79 Å². The molecule has 1 heterocycles. The molecule has 1 aromatic heterocycles. The minimum Gasteiger partial charge on any atom is -0.324 e. The monoisotopic (exact) mass is 229 g/mol. The van der Waals surface area contributed by atoms with Gasteiger partial charge in [0.15, 0.2) is 0 Å². The Hall–Kier alpha value is -1.94. The van der Waals surface area contributed by atoms with Gasteiger partial charge in [-0.15, -0.1) is 0 Å². The predicted molar refractivity (Wildman–Crippen MR) is 68.6 cm³/mol. The van der Waals surface area contributed by atoms with E-state index in [1.54, 1.807) is 26.2 Å². The van der Waals surface area contributed by atoms with Crippen molar-refractivity contribution in [3.8, 4) is 0 Å². The number of benzene rings is 1. The summed E-state index contributed by atoms with van der Waals surface area (Å²) in [7, 11) is 0. The molecular formula is C13H15N3O. The van der Waals surface area contributed by atoms with E-state index in [2.05, 4.69) is 10.3 Å². The normalized spacial score (nSPS) is 11.5. The van der Waals surface area contributed by atoms with Crippen molar-refractivity contribution in [2.45, 2.75) is 19.4 Å². The summed E-state index contributed by atoms with van der Waals surface area (Å²) in [4.78, 5) is 15.9. The number of hydrogen-bond donors (Lipinski definition) is 2. The van der Waals surface area contributed by atoms with Gasteiger partial charge in [-0.2, -0.15) is 0 Å². The average molecular weight is 229 g/mol. The zero-order chi connectivity index (χ0) is 12.5. The molecule has 0 aliphatic carbocycles. The molecule has 0 aliphatic heterocycles. The molecule has 3 N–H and O–H groups in total. The van der Waals surface area contributed by atoms with Gasteiger partial charge >= 0.3 is 0 Å². The SMILES string of the molecule is CC(C)(N)C(=O)Nc1cccc2cnccc12. The van der Waals surface area contributed by atoms with Gasteiger partial charge in [0.25, 0.3) is 0 Å². The minimum atomic E-state index is -0.894. The smallest absolute Gasteiger partial charge is 0.243 e. The molecule has 0 saturated heterocycles. The van der Waals surface area contributed by atoms with Crippen LogP contribution in [0.15, 0.2) is 36.7 Å². The van der Waals surface area contributed by atoms with E-state index in [1.807, 2.05) is 24.3 Å². The molecule has 4 nitrogen and oxygen atoms in total. The Morgan fingerprint density at radius 2 is 2.12 bits per heavy atom. The third-order valence-electron chi connectivity index (χ3n) is 2.51. The number of nitrogens with one attached hydrogen (secondary N) is 1. The Kier molecular flexibility index (Phi) is 2.81. The fourth-order valence-electron chi connectivity index (χ4n) is 1.51. The van der Waals surface area contributed by atoms with Crippen LogP contribution in [0.1, 0.15) is 13.8 Å². The van der Waals surface area contributed by atoms with Crippen LogP contribution in [0, 0.1) is 0 Å². The number of pyridine rings is 1. The molecule has 88 valence electrons. The van der Waals surface area contributed by atoms with Crippen molar-refractivity contribution in [1.82, 2.24) is 4.98 Å². The Bertz CT molecular complexity index is 553. The van der Waals surface area contributed by atoms with Gasteiger partial charge < -0.3 is 11.1 Å². The van der Waals surface area contributed by atoms with Crippen molar-refractivity contribution in [3.63, 3.8) is 0 Å². The summed E-state index contributed by atoms with van der Waals surface area (Å²) in [6.45, 7) is 3.35. The number of aromatic nitrogens is 1. The fourth-order valence-corrected chi connectivity index (χ4v) is 1.51. The van der Waals surface area contributed by atoms with Crippen LogP contribution < -0.4 is 11.1 Å². The maximum atomic E-state index is 11.8. The van der Waals surface area contributed by atoms with E-state index in [4.69, 9.17) is 5.73 Å². The van der Waals surface area contributed by atoms with Gasteiger partial charge in [-0.3, -0.25) is 9.78 Å². The third-order valence-corrected chi connectivity index (χ3v) is 2.51. The first-order chi connectivity index (χ1) is 7.98. The number of nitrogens with zero attached hydrogens (tertiary/aromatic N) is 1. The first-order valence-electron chi connectivity index (χ1n) is 5.41. The second-order valence-electron chi connectivity index (χ2n) is 4.58. The summed E-state index contributed by atoms with van der Waals surface area (Å²) in [5.74, 6) is -0.207. The zero-order valence-electron chi connectivity index (χ0n) is 9.90. The Morgan fingerprint density at radius 3 is 2.82 bits per heavy atom. The molecule has 0 bridgehead atoms. The van der Waals surface area contributed by atoms with Gasteiger partial charge in [0.2, 0.25) is 5.91 Å². The summed E-state index contributed by atoms with van der Waals surface area (Å²) in [6, 6.07) is 7.55. The highest BCUT2D eigenvalue weighted by Crippen LogP contribution is 2.22. The van der Waals surface area contributed by atoms with Crippen molar-refractivity contribution in [2.75, 3.05) is 5.32 Å². The van der Waals surface area contributed by atoms with Crippen molar-refractivity contribution in [3.05, 3.63) is 36.7 Å². The van der Waals surface area contributed by atoms with E-state index >= 15 is 0 Å². The lowest BCUT2D eigenvalue weighted by Crippen LogP contribution is -2.45. The van der Waals surface area contributed by atoms with E-state index in [0.717, 1.165) is 16.5 Å². The van der Waals surface area contributed by atoms with Crippen LogP contribution in [0.4, 0.5) is 5.69 Å². The lowest BCUT2D eigenvalue weighted by atomic mass is 10.1. The molecule has 0 unspecified atom stereocenters. The number of amides is 1. The number of carbonyl (C=O) groups excluding carboxylic acids is 1. The van der Waals surface area contributed by atoms with Gasteiger partial charge in [-0.25, -0.2) is 0 Å². The summed E-state index contributed by atoms with van der Waals surface area (Å²) in [5, 5.41) is 4.78. The molecule has 0 saturated carbocycles. The standard InChI is InChI=1S/C13H15N3O/c1-13(2,14)12(17)16-11-5-3-4-9-8-15-7-6-10(9)11/h3-8H,14H2,1-2H3,(H,16,17). The van der Waals surface area contributed by atoms with Crippen LogP contribution in [-0.4, -0.2) is 16.4 Å². The number of nitrogens with two attached hydrogens (primary N) is 1. The molecule has 0 fully saturated rings. The van der Waals surface area contributed by atoms with Gasteiger partial charge in [0.05, 0.1) is 5.54 Å². The molecule has 0 radical (unpaired) electrons. The second-order valence-corrected chi connectivity index (χ2v) is 4.58.